The maximum Gasteiger partial charge on any atom is 0.268 e. The zero-order valence-electron chi connectivity index (χ0n) is 14.9. The molecule has 5 nitrogen and oxygen atoms in total. The molecule has 7 heteroatoms. The average molecular weight is 437 g/mol. The minimum absolute atomic E-state index is 0.211. The number of likely N-dealkylation sites (N-methyl/N-ethyl adjacent to an activating group) is 1. The van der Waals surface area contributed by atoms with Crippen molar-refractivity contribution in [3.8, 4) is 5.75 Å². The summed E-state index contributed by atoms with van der Waals surface area (Å²) in [5.74, 6) is 0.590. The molecule has 0 saturated heterocycles. The van der Waals surface area contributed by atoms with Gasteiger partial charge in [-0.15, -0.1) is 0 Å². The zero-order valence-corrected chi connectivity index (χ0v) is 17.3. The van der Waals surface area contributed by atoms with Gasteiger partial charge in [-0.05, 0) is 56.9 Å². The van der Waals surface area contributed by atoms with Crippen LogP contribution in [0, 0.1) is 6.92 Å². The molecular formula is C19H21BrN2O3S. The Morgan fingerprint density at radius 3 is 2.62 bits per heavy atom. The van der Waals surface area contributed by atoms with Gasteiger partial charge < -0.3 is 9.64 Å². The van der Waals surface area contributed by atoms with Crippen LogP contribution in [0.4, 0.5) is 0 Å². The number of hydrogen-bond donors (Lipinski definition) is 0. The lowest BCUT2D eigenvalue weighted by Crippen LogP contribution is -2.19. The lowest BCUT2D eigenvalue weighted by Gasteiger charge is -2.14. The summed E-state index contributed by atoms with van der Waals surface area (Å²) in [7, 11) is 0.225. The molecule has 0 bridgehead atoms. The first-order valence-corrected chi connectivity index (χ1v) is 10.4. The summed E-state index contributed by atoms with van der Waals surface area (Å²) in [5, 5.41) is 0.859. The fraction of sp³-hybridized carbons (Fsp3) is 0.263. The van der Waals surface area contributed by atoms with Crippen LogP contribution in [0.15, 0.2) is 58.0 Å². The zero-order chi connectivity index (χ0) is 18.9. The SMILES string of the molecule is Cc1ccc(S(=O)(=O)n2ccc3cc(Br)ccc32)cc1OCCN(C)C. The normalized spacial score (nSPS) is 12.0. The van der Waals surface area contributed by atoms with Gasteiger partial charge in [-0.25, -0.2) is 12.4 Å². The number of hydrogen-bond acceptors (Lipinski definition) is 4. The summed E-state index contributed by atoms with van der Waals surface area (Å²) in [6.07, 6.45) is 1.58. The van der Waals surface area contributed by atoms with Crippen molar-refractivity contribution in [3.63, 3.8) is 0 Å². The van der Waals surface area contributed by atoms with E-state index in [-0.39, 0.29) is 4.90 Å². The molecule has 0 aliphatic rings. The third kappa shape index (κ3) is 3.79. The molecule has 0 fully saturated rings. The minimum Gasteiger partial charge on any atom is -0.492 e. The second-order valence-corrected chi connectivity index (χ2v) is 9.13. The van der Waals surface area contributed by atoms with E-state index in [4.69, 9.17) is 4.74 Å². The predicted molar refractivity (Wildman–Crippen MR) is 107 cm³/mol. The van der Waals surface area contributed by atoms with Crippen LogP contribution < -0.4 is 4.74 Å². The van der Waals surface area contributed by atoms with Crippen molar-refractivity contribution < 1.29 is 13.2 Å². The molecule has 0 spiro atoms. The van der Waals surface area contributed by atoms with E-state index in [1.807, 2.05) is 38.1 Å². The van der Waals surface area contributed by atoms with Crippen molar-refractivity contribution in [1.82, 2.24) is 8.87 Å². The van der Waals surface area contributed by atoms with Crippen molar-refractivity contribution in [1.29, 1.82) is 0 Å². The first-order valence-electron chi connectivity index (χ1n) is 8.19. The topological polar surface area (TPSA) is 51.5 Å². The lowest BCUT2D eigenvalue weighted by atomic mass is 10.2. The van der Waals surface area contributed by atoms with E-state index < -0.39 is 10.0 Å². The highest BCUT2D eigenvalue weighted by molar-refractivity contribution is 9.10. The Morgan fingerprint density at radius 1 is 1.12 bits per heavy atom. The van der Waals surface area contributed by atoms with Crippen LogP contribution in [-0.2, 0) is 10.0 Å². The number of benzene rings is 2. The average Bonchev–Trinajstić information content (AvgIpc) is 2.99. The molecule has 0 unspecified atom stereocenters. The highest BCUT2D eigenvalue weighted by atomic mass is 79.9. The van der Waals surface area contributed by atoms with E-state index in [1.54, 1.807) is 36.5 Å². The molecule has 1 aromatic heterocycles. The van der Waals surface area contributed by atoms with E-state index >= 15 is 0 Å². The Morgan fingerprint density at radius 2 is 1.88 bits per heavy atom. The molecule has 26 heavy (non-hydrogen) atoms. The fourth-order valence-corrected chi connectivity index (χ4v) is 4.39. The molecule has 0 atom stereocenters. The summed E-state index contributed by atoms with van der Waals surface area (Å²) in [5.41, 5.74) is 1.55. The van der Waals surface area contributed by atoms with Gasteiger partial charge in [-0.3, -0.25) is 0 Å². The minimum atomic E-state index is -3.70. The largest absolute Gasteiger partial charge is 0.492 e. The van der Waals surface area contributed by atoms with Gasteiger partial charge in [0.25, 0.3) is 10.0 Å². The molecule has 2 aromatic carbocycles. The second-order valence-electron chi connectivity index (χ2n) is 6.40. The quantitative estimate of drug-likeness (QED) is 0.587. The first kappa shape index (κ1) is 18.9. The van der Waals surface area contributed by atoms with Gasteiger partial charge in [0.1, 0.15) is 12.4 Å². The molecular weight excluding hydrogens is 416 g/mol. The number of nitrogens with zero attached hydrogens (tertiary/aromatic N) is 2. The smallest absolute Gasteiger partial charge is 0.268 e. The van der Waals surface area contributed by atoms with Crippen LogP contribution in [0.2, 0.25) is 0 Å². The first-order chi connectivity index (χ1) is 12.3. The van der Waals surface area contributed by atoms with Gasteiger partial charge in [0.15, 0.2) is 0 Å². The second kappa shape index (κ2) is 7.42. The van der Waals surface area contributed by atoms with Crippen LogP contribution in [0.1, 0.15) is 5.56 Å². The van der Waals surface area contributed by atoms with Crippen LogP contribution in [0.25, 0.3) is 10.9 Å². The third-order valence-corrected chi connectivity index (χ3v) is 6.31. The molecule has 0 N–H and O–H groups in total. The van der Waals surface area contributed by atoms with E-state index in [1.165, 1.54) is 3.97 Å². The molecule has 0 amide bonds. The summed E-state index contributed by atoms with van der Waals surface area (Å²) >= 11 is 3.41. The standard InChI is InChI=1S/C19H21BrN2O3S/c1-14-4-6-17(13-19(14)25-11-10-21(2)3)26(23,24)22-9-8-15-12-16(20)5-7-18(15)22/h4-9,12-13H,10-11H2,1-3H3. The Bertz CT molecular complexity index is 1040. The molecule has 138 valence electrons. The number of halogens is 1. The Labute approximate surface area is 162 Å². The number of rotatable bonds is 6. The molecule has 0 saturated carbocycles. The molecule has 1 heterocycles. The summed E-state index contributed by atoms with van der Waals surface area (Å²) in [6.45, 7) is 3.16. The molecule has 3 rings (SSSR count). The molecule has 3 aromatic rings. The van der Waals surface area contributed by atoms with Crippen molar-refractivity contribution in [2.45, 2.75) is 11.8 Å². The highest BCUT2D eigenvalue weighted by Gasteiger charge is 2.20. The van der Waals surface area contributed by atoms with E-state index in [9.17, 15) is 8.42 Å². The summed E-state index contributed by atoms with van der Waals surface area (Å²) in [6, 6.07) is 12.3. The number of fused-ring (bicyclic) bond motifs is 1. The van der Waals surface area contributed by atoms with Crippen LogP contribution >= 0.6 is 15.9 Å². The Balaban J connectivity index is 1.98. The van der Waals surface area contributed by atoms with E-state index in [0.717, 1.165) is 22.0 Å². The maximum absolute atomic E-state index is 13.1. The van der Waals surface area contributed by atoms with Crippen molar-refractivity contribution in [3.05, 3.63) is 58.7 Å². The van der Waals surface area contributed by atoms with Gasteiger partial charge in [-0.1, -0.05) is 22.0 Å². The summed E-state index contributed by atoms with van der Waals surface area (Å²) in [4.78, 5) is 2.23. The van der Waals surface area contributed by atoms with Gasteiger partial charge in [0.05, 0.1) is 10.4 Å². The number of aryl methyl sites for hydroxylation is 1. The van der Waals surface area contributed by atoms with Gasteiger partial charge in [0.2, 0.25) is 0 Å². The predicted octanol–water partition coefficient (Wildman–Crippen LogP) is 3.89. The molecule has 0 aliphatic carbocycles. The van der Waals surface area contributed by atoms with Crippen LogP contribution in [0.3, 0.4) is 0 Å². The van der Waals surface area contributed by atoms with Gasteiger partial charge in [-0.2, -0.15) is 0 Å². The molecule has 0 aliphatic heterocycles. The van der Waals surface area contributed by atoms with E-state index in [2.05, 4.69) is 15.9 Å². The van der Waals surface area contributed by atoms with Gasteiger partial charge >= 0.3 is 0 Å². The maximum atomic E-state index is 13.1. The number of ether oxygens (including phenoxy) is 1. The Hall–Kier alpha value is -1.83. The highest BCUT2D eigenvalue weighted by Crippen LogP contribution is 2.28. The van der Waals surface area contributed by atoms with Crippen LogP contribution in [-0.4, -0.2) is 44.5 Å². The van der Waals surface area contributed by atoms with Crippen LogP contribution in [0.5, 0.6) is 5.75 Å². The molecule has 0 radical (unpaired) electrons. The van der Waals surface area contributed by atoms with E-state index in [0.29, 0.717) is 17.9 Å². The van der Waals surface area contributed by atoms with Gasteiger partial charge in [0, 0.05) is 28.7 Å². The summed E-state index contributed by atoms with van der Waals surface area (Å²) < 4.78 is 34.3. The van der Waals surface area contributed by atoms with Crippen molar-refractivity contribution in [2.75, 3.05) is 27.2 Å². The van der Waals surface area contributed by atoms with Crippen molar-refractivity contribution >= 4 is 36.9 Å². The fourth-order valence-electron chi connectivity index (χ4n) is 2.65. The monoisotopic (exact) mass is 436 g/mol. The number of aromatic nitrogens is 1. The van der Waals surface area contributed by atoms with Crippen molar-refractivity contribution in [2.24, 2.45) is 0 Å². The Kier molecular flexibility index (Phi) is 5.41. The third-order valence-electron chi connectivity index (χ3n) is 4.13. The lowest BCUT2D eigenvalue weighted by molar-refractivity contribution is 0.259.